The molecule has 2 aliphatic heterocycles. The Kier molecular flexibility index (Phi) is 10.5. The van der Waals surface area contributed by atoms with E-state index in [4.69, 9.17) is 18.9 Å². The van der Waals surface area contributed by atoms with Crippen molar-refractivity contribution in [2.75, 3.05) is 53.1 Å². The number of ether oxygens (including phenoxy) is 4. The molecule has 0 bridgehead atoms. The lowest BCUT2D eigenvalue weighted by Gasteiger charge is -2.29. The molecule has 0 aromatic heterocycles. The zero-order valence-electron chi connectivity index (χ0n) is 25.4. The molecule has 1 unspecified atom stereocenters. The van der Waals surface area contributed by atoms with Crippen molar-refractivity contribution in [3.05, 3.63) is 95.1 Å². The molecule has 1 amide bonds. The Labute approximate surface area is 258 Å². The second-order valence-electron chi connectivity index (χ2n) is 10.9. The largest absolute Gasteiger partial charge is 0.507 e. The third-order valence-electron chi connectivity index (χ3n) is 7.84. The number of aliphatic hydroxyl groups is 1. The van der Waals surface area contributed by atoms with E-state index in [1.807, 2.05) is 43.3 Å². The van der Waals surface area contributed by atoms with Crippen LogP contribution in [-0.4, -0.2) is 79.7 Å². The monoisotopic (exact) mass is 600 g/mol. The van der Waals surface area contributed by atoms with E-state index in [0.717, 1.165) is 31.6 Å². The van der Waals surface area contributed by atoms with Gasteiger partial charge in [0.15, 0.2) is 11.5 Å². The van der Waals surface area contributed by atoms with Gasteiger partial charge in [-0.05, 0) is 48.2 Å². The van der Waals surface area contributed by atoms with E-state index in [-0.39, 0.29) is 11.3 Å². The second kappa shape index (κ2) is 14.9. The predicted octanol–water partition coefficient (Wildman–Crippen LogP) is 5.21. The molecule has 5 rings (SSSR count). The minimum Gasteiger partial charge on any atom is -0.507 e. The maximum atomic E-state index is 13.6. The van der Waals surface area contributed by atoms with Gasteiger partial charge in [0.1, 0.15) is 18.1 Å². The standard InChI is InChI=1S/C35H40N2O7/c1-3-19-43-28-12-7-11-27(22-28)33(38)31-32(37(35(40)34(31)39)16-8-15-36-17-20-42-21-18-36)26-13-14-29(30(23-26)41-2)44-24-25-9-5-4-6-10-25/h4-7,9-14,22-23,32,38H,3,8,15-21,24H2,1-2H3. The molecule has 2 fully saturated rings. The van der Waals surface area contributed by atoms with Crippen LogP contribution in [0.4, 0.5) is 0 Å². The number of methoxy groups -OCH3 is 1. The van der Waals surface area contributed by atoms with Gasteiger partial charge in [0, 0.05) is 31.7 Å². The molecule has 1 atom stereocenters. The molecule has 0 radical (unpaired) electrons. The SMILES string of the molecule is CCCOc1cccc(C(O)=C2C(=O)C(=O)N(CCCN3CCOCC3)C2c2ccc(OCc3ccccc3)c(OC)c2)c1. The molecule has 9 nitrogen and oxygen atoms in total. The van der Waals surface area contributed by atoms with Crippen LogP contribution >= 0.6 is 0 Å². The highest BCUT2D eigenvalue weighted by Gasteiger charge is 2.46. The summed E-state index contributed by atoms with van der Waals surface area (Å²) in [5.41, 5.74) is 2.09. The number of benzene rings is 3. The van der Waals surface area contributed by atoms with Crippen LogP contribution in [-0.2, 0) is 20.9 Å². The van der Waals surface area contributed by atoms with E-state index in [0.29, 0.717) is 67.8 Å². The number of Topliss-reactive ketones (excluding diaryl/α,β-unsaturated/α-hetero) is 1. The van der Waals surface area contributed by atoms with Crippen LogP contribution in [0.25, 0.3) is 5.76 Å². The highest BCUT2D eigenvalue weighted by atomic mass is 16.5. The molecule has 0 aliphatic carbocycles. The van der Waals surface area contributed by atoms with Crippen LogP contribution in [0, 0.1) is 0 Å². The number of likely N-dealkylation sites (tertiary alicyclic amines) is 1. The summed E-state index contributed by atoms with van der Waals surface area (Å²) >= 11 is 0. The van der Waals surface area contributed by atoms with Crippen molar-refractivity contribution in [3.63, 3.8) is 0 Å². The topological polar surface area (TPSA) is 97.8 Å². The first-order chi connectivity index (χ1) is 21.5. The molecule has 0 spiro atoms. The van der Waals surface area contributed by atoms with E-state index in [1.54, 1.807) is 48.4 Å². The summed E-state index contributed by atoms with van der Waals surface area (Å²) < 4.78 is 23.0. The zero-order chi connectivity index (χ0) is 30.9. The predicted molar refractivity (Wildman–Crippen MR) is 167 cm³/mol. The van der Waals surface area contributed by atoms with E-state index in [9.17, 15) is 14.7 Å². The molecule has 2 heterocycles. The Morgan fingerprint density at radius 3 is 2.48 bits per heavy atom. The van der Waals surface area contributed by atoms with Crippen molar-refractivity contribution < 1.29 is 33.6 Å². The number of rotatable bonds is 13. The molecular formula is C35H40N2O7. The summed E-state index contributed by atoms with van der Waals surface area (Å²) in [5.74, 6) is -0.0250. The van der Waals surface area contributed by atoms with Gasteiger partial charge >= 0.3 is 0 Å². The zero-order valence-corrected chi connectivity index (χ0v) is 25.4. The first-order valence-electron chi connectivity index (χ1n) is 15.2. The summed E-state index contributed by atoms with van der Waals surface area (Å²) in [6, 6.07) is 21.3. The Hall–Kier alpha value is -4.34. The van der Waals surface area contributed by atoms with Crippen LogP contribution < -0.4 is 14.2 Å². The summed E-state index contributed by atoms with van der Waals surface area (Å²) in [4.78, 5) is 31.0. The molecule has 44 heavy (non-hydrogen) atoms. The van der Waals surface area contributed by atoms with Crippen molar-refractivity contribution in [3.8, 4) is 17.2 Å². The third kappa shape index (κ3) is 7.23. The fraction of sp³-hybridized carbons (Fsp3) is 0.371. The number of carbonyl (C=O) groups is 2. The van der Waals surface area contributed by atoms with E-state index in [1.165, 1.54) is 0 Å². The van der Waals surface area contributed by atoms with Gasteiger partial charge in [0.2, 0.25) is 0 Å². The number of nitrogens with zero attached hydrogens (tertiary/aromatic N) is 2. The average Bonchev–Trinajstić information content (AvgIpc) is 3.32. The van der Waals surface area contributed by atoms with Crippen molar-refractivity contribution in [1.29, 1.82) is 0 Å². The van der Waals surface area contributed by atoms with Gasteiger partial charge < -0.3 is 29.0 Å². The lowest BCUT2D eigenvalue weighted by Crippen LogP contribution is -2.39. The number of amides is 1. The Balaban J connectivity index is 1.48. The first kappa shape index (κ1) is 31.1. The van der Waals surface area contributed by atoms with Crippen molar-refractivity contribution in [1.82, 2.24) is 9.80 Å². The van der Waals surface area contributed by atoms with Gasteiger partial charge in [0.05, 0.1) is 38.5 Å². The summed E-state index contributed by atoms with van der Waals surface area (Å²) in [5, 5.41) is 11.6. The third-order valence-corrected chi connectivity index (χ3v) is 7.84. The van der Waals surface area contributed by atoms with Crippen LogP contribution in [0.15, 0.2) is 78.4 Å². The molecule has 3 aromatic rings. The lowest BCUT2D eigenvalue weighted by atomic mass is 9.95. The van der Waals surface area contributed by atoms with Crippen LogP contribution in [0.3, 0.4) is 0 Å². The van der Waals surface area contributed by atoms with Gasteiger partial charge in [0.25, 0.3) is 11.7 Å². The number of morpholine rings is 1. The normalized spacial score (nSPS) is 18.4. The van der Waals surface area contributed by atoms with E-state index in [2.05, 4.69) is 4.90 Å². The number of hydrogen-bond acceptors (Lipinski definition) is 8. The number of ketones is 1. The lowest BCUT2D eigenvalue weighted by molar-refractivity contribution is -0.140. The maximum Gasteiger partial charge on any atom is 0.295 e. The smallest absolute Gasteiger partial charge is 0.295 e. The fourth-order valence-electron chi connectivity index (χ4n) is 5.56. The van der Waals surface area contributed by atoms with Gasteiger partial charge in [-0.15, -0.1) is 0 Å². The average molecular weight is 601 g/mol. The molecule has 2 saturated heterocycles. The van der Waals surface area contributed by atoms with Gasteiger partial charge in [-0.1, -0.05) is 55.5 Å². The number of carbonyl (C=O) groups excluding carboxylic acids is 2. The Bertz CT molecular complexity index is 1470. The van der Waals surface area contributed by atoms with Crippen LogP contribution in [0.1, 0.15) is 42.5 Å². The molecule has 3 aromatic carbocycles. The number of aliphatic hydroxyl groups excluding tert-OH is 1. The van der Waals surface area contributed by atoms with Crippen LogP contribution in [0.2, 0.25) is 0 Å². The molecule has 232 valence electrons. The maximum absolute atomic E-state index is 13.6. The second-order valence-corrected chi connectivity index (χ2v) is 10.9. The molecule has 1 N–H and O–H groups in total. The van der Waals surface area contributed by atoms with Gasteiger partial charge in [-0.25, -0.2) is 0 Å². The summed E-state index contributed by atoms with van der Waals surface area (Å²) in [7, 11) is 1.55. The highest BCUT2D eigenvalue weighted by Crippen LogP contribution is 2.42. The van der Waals surface area contributed by atoms with E-state index < -0.39 is 17.7 Å². The van der Waals surface area contributed by atoms with Crippen LogP contribution in [0.5, 0.6) is 17.2 Å². The van der Waals surface area contributed by atoms with Crippen molar-refractivity contribution >= 4 is 17.4 Å². The number of hydrogen-bond donors (Lipinski definition) is 1. The minimum atomic E-state index is -0.808. The molecular weight excluding hydrogens is 560 g/mol. The quantitative estimate of drug-likeness (QED) is 0.162. The van der Waals surface area contributed by atoms with Crippen molar-refractivity contribution in [2.45, 2.75) is 32.4 Å². The minimum absolute atomic E-state index is 0.0361. The molecule has 0 saturated carbocycles. The molecule has 9 heteroatoms. The fourth-order valence-corrected chi connectivity index (χ4v) is 5.56. The molecule has 2 aliphatic rings. The van der Waals surface area contributed by atoms with Gasteiger partial charge in [-0.2, -0.15) is 0 Å². The summed E-state index contributed by atoms with van der Waals surface area (Å²) in [6.45, 7) is 7.04. The highest BCUT2D eigenvalue weighted by molar-refractivity contribution is 6.46. The Morgan fingerprint density at radius 1 is 0.932 bits per heavy atom. The Morgan fingerprint density at radius 2 is 1.73 bits per heavy atom. The van der Waals surface area contributed by atoms with Gasteiger partial charge in [-0.3, -0.25) is 14.5 Å². The first-order valence-corrected chi connectivity index (χ1v) is 15.2. The summed E-state index contributed by atoms with van der Waals surface area (Å²) in [6.07, 6.45) is 1.50. The van der Waals surface area contributed by atoms with Crippen molar-refractivity contribution in [2.24, 2.45) is 0 Å². The van der Waals surface area contributed by atoms with E-state index >= 15 is 0 Å².